The van der Waals surface area contributed by atoms with E-state index in [2.05, 4.69) is 4.74 Å². The summed E-state index contributed by atoms with van der Waals surface area (Å²) in [7, 11) is 3.03. The molecule has 1 amide bonds. The van der Waals surface area contributed by atoms with Gasteiger partial charge in [0.1, 0.15) is 6.61 Å². The molecular formula is C6H12NO3. The van der Waals surface area contributed by atoms with Crippen LogP contribution in [-0.2, 0) is 14.6 Å². The van der Waals surface area contributed by atoms with Crippen molar-refractivity contribution in [2.45, 2.75) is 0 Å². The third-order valence-electron chi connectivity index (χ3n) is 1.12. The van der Waals surface area contributed by atoms with Gasteiger partial charge in [0.05, 0.1) is 6.61 Å². The van der Waals surface area contributed by atoms with E-state index < -0.39 is 0 Å². The number of hydrogen-bond donors (Lipinski definition) is 0. The molecule has 0 unspecified atom stereocenters. The van der Waals surface area contributed by atoms with Crippen molar-refractivity contribution in [3.05, 3.63) is 0 Å². The Kier molecular flexibility index (Phi) is 4.88. The Hall–Kier alpha value is -0.610. The van der Waals surface area contributed by atoms with Crippen molar-refractivity contribution in [2.24, 2.45) is 0 Å². The first-order valence-corrected chi connectivity index (χ1v) is 3.03. The number of hydrogen-bond acceptors (Lipinski definition) is 2. The molecule has 0 heterocycles. The molecular weight excluding hydrogens is 134 g/mol. The first kappa shape index (κ1) is 9.39. The van der Waals surface area contributed by atoms with Gasteiger partial charge in [-0.25, -0.2) is 5.11 Å². The smallest absolute Gasteiger partial charge is 0.248 e. The summed E-state index contributed by atoms with van der Waals surface area (Å²) >= 11 is 0. The van der Waals surface area contributed by atoms with Gasteiger partial charge in [0, 0.05) is 20.7 Å². The third-order valence-corrected chi connectivity index (χ3v) is 1.12. The number of rotatable bonds is 4. The highest BCUT2D eigenvalue weighted by Crippen LogP contribution is 1.83. The molecule has 0 N–H and O–H groups in total. The van der Waals surface area contributed by atoms with Gasteiger partial charge in [0.15, 0.2) is 0 Å². The second kappa shape index (κ2) is 5.20. The number of methoxy groups -OCH3 is 1. The minimum absolute atomic E-state index is 0.0521. The van der Waals surface area contributed by atoms with Gasteiger partial charge < -0.3 is 9.64 Å². The van der Waals surface area contributed by atoms with Crippen LogP contribution in [0.2, 0.25) is 0 Å². The van der Waals surface area contributed by atoms with E-state index in [-0.39, 0.29) is 25.7 Å². The average Bonchev–Trinajstić information content (AvgIpc) is 1.89. The van der Waals surface area contributed by atoms with Crippen LogP contribution in [0.25, 0.3) is 0 Å². The van der Waals surface area contributed by atoms with E-state index in [1.54, 1.807) is 7.05 Å². The summed E-state index contributed by atoms with van der Waals surface area (Å²) in [6.07, 6.45) is 0. The van der Waals surface area contributed by atoms with Crippen molar-refractivity contribution in [3.8, 4) is 0 Å². The van der Waals surface area contributed by atoms with Crippen LogP contribution in [0.5, 0.6) is 0 Å². The van der Waals surface area contributed by atoms with E-state index in [9.17, 15) is 9.90 Å². The molecule has 0 aliphatic rings. The molecule has 4 heteroatoms. The van der Waals surface area contributed by atoms with Gasteiger partial charge in [-0.05, 0) is 0 Å². The minimum Gasteiger partial charge on any atom is -0.375 e. The maximum atomic E-state index is 10.8. The number of amides is 1. The van der Waals surface area contributed by atoms with Crippen LogP contribution in [0, 0.1) is 0 Å². The molecule has 0 saturated heterocycles. The van der Waals surface area contributed by atoms with Crippen molar-refractivity contribution in [3.63, 3.8) is 0 Å². The van der Waals surface area contributed by atoms with Gasteiger partial charge >= 0.3 is 0 Å². The fourth-order valence-corrected chi connectivity index (χ4v) is 0.495. The van der Waals surface area contributed by atoms with E-state index in [0.29, 0.717) is 0 Å². The quantitative estimate of drug-likeness (QED) is 0.538. The predicted molar refractivity (Wildman–Crippen MR) is 35.1 cm³/mol. The number of carbonyl (C=O) groups is 1. The van der Waals surface area contributed by atoms with Crippen LogP contribution in [-0.4, -0.2) is 44.7 Å². The summed E-state index contributed by atoms with van der Waals surface area (Å²) in [6, 6.07) is 0. The zero-order chi connectivity index (χ0) is 7.98. The maximum absolute atomic E-state index is 10.8. The van der Waals surface area contributed by atoms with Gasteiger partial charge in [0.2, 0.25) is 5.91 Å². The first-order valence-electron chi connectivity index (χ1n) is 3.03. The second-order valence-corrected chi connectivity index (χ2v) is 1.95. The molecule has 0 rings (SSSR count). The van der Waals surface area contributed by atoms with Gasteiger partial charge in [0.25, 0.3) is 0 Å². The third kappa shape index (κ3) is 3.42. The molecule has 0 aliphatic heterocycles. The van der Waals surface area contributed by atoms with E-state index in [1.807, 2.05) is 0 Å². The molecule has 0 fully saturated rings. The highest BCUT2D eigenvalue weighted by Gasteiger charge is 2.05. The van der Waals surface area contributed by atoms with Crippen molar-refractivity contribution in [2.75, 3.05) is 33.9 Å². The SMILES string of the molecule is COCC(=O)N(C)CC[O]. The maximum Gasteiger partial charge on any atom is 0.248 e. The summed E-state index contributed by atoms with van der Waals surface area (Å²) in [5.41, 5.74) is 0. The van der Waals surface area contributed by atoms with Crippen molar-refractivity contribution in [1.29, 1.82) is 0 Å². The van der Waals surface area contributed by atoms with Crippen LogP contribution in [0.4, 0.5) is 0 Å². The monoisotopic (exact) mass is 146 g/mol. The Morgan fingerprint density at radius 3 is 2.60 bits per heavy atom. The molecule has 0 saturated carbocycles. The van der Waals surface area contributed by atoms with Crippen molar-refractivity contribution < 1.29 is 14.6 Å². The van der Waals surface area contributed by atoms with Crippen LogP contribution in [0.1, 0.15) is 0 Å². The summed E-state index contributed by atoms with van der Waals surface area (Å²) in [4.78, 5) is 12.2. The van der Waals surface area contributed by atoms with Crippen LogP contribution >= 0.6 is 0 Å². The summed E-state index contributed by atoms with van der Waals surface area (Å²) in [5.74, 6) is -0.154. The molecule has 1 radical (unpaired) electrons. The molecule has 0 atom stereocenters. The molecule has 0 aliphatic carbocycles. The van der Waals surface area contributed by atoms with E-state index in [0.717, 1.165) is 0 Å². The number of carbonyl (C=O) groups excluding carboxylic acids is 1. The standard InChI is InChI=1S/C6H12NO3/c1-7(3-4-8)6(9)5-10-2/h3-5H2,1-2H3. The number of nitrogens with zero attached hydrogens (tertiary/aromatic N) is 1. The zero-order valence-corrected chi connectivity index (χ0v) is 6.29. The molecule has 0 aromatic carbocycles. The lowest BCUT2D eigenvalue weighted by Crippen LogP contribution is -2.31. The van der Waals surface area contributed by atoms with E-state index in [4.69, 9.17) is 0 Å². The average molecular weight is 146 g/mol. The highest BCUT2D eigenvalue weighted by molar-refractivity contribution is 5.77. The largest absolute Gasteiger partial charge is 0.375 e. The Balaban J connectivity index is 3.49. The number of likely N-dealkylation sites (N-methyl/N-ethyl adjacent to an activating group) is 1. The Morgan fingerprint density at radius 1 is 1.60 bits per heavy atom. The summed E-state index contributed by atoms with van der Waals surface area (Å²) in [5, 5.41) is 10.0. The normalized spacial score (nSPS) is 9.50. The van der Waals surface area contributed by atoms with Gasteiger partial charge in [-0.1, -0.05) is 0 Å². The molecule has 0 aromatic heterocycles. The van der Waals surface area contributed by atoms with Gasteiger partial charge in [-0.15, -0.1) is 0 Å². The van der Waals surface area contributed by atoms with Crippen LogP contribution in [0.3, 0.4) is 0 Å². The topological polar surface area (TPSA) is 49.4 Å². The predicted octanol–water partition coefficient (Wildman–Crippen LogP) is -0.478. The molecule has 0 bridgehead atoms. The summed E-state index contributed by atoms with van der Waals surface area (Å²) in [6.45, 7) is 0.0463. The zero-order valence-electron chi connectivity index (χ0n) is 6.29. The van der Waals surface area contributed by atoms with Gasteiger partial charge in [-0.3, -0.25) is 4.79 Å². The minimum atomic E-state index is -0.258. The second-order valence-electron chi connectivity index (χ2n) is 1.95. The fourth-order valence-electron chi connectivity index (χ4n) is 0.495. The van der Waals surface area contributed by atoms with E-state index in [1.165, 1.54) is 12.0 Å². The molecule has 0 spiro atoms. The molecule has 4 nitrogen and oxygen atoms in total. The Labute approximate surface area is 60.4 Å². The Morgan fingerprint density at radius 2 is 2.20 bits per heavy atom. The lowest BCUT2D eigenvalue weighted by Gasteiger charge is -2.13. The molecule has 0 aromatic rings. The summed E-state index contributed by atoms with van der Waals surface area (Å²) < 4.78 is 4.58. The fraction of sp³-hybridized carbons (Fsp3) is 0.833. The highest BCUT2D eigenvalue weighted by atomic mass is 16.5. The van der Waals surface area contributed by atoms with Gasteiger partial charge in [-0.2, -0.15) is 0 Å². The number of ether oxygens (including phenoxy) is 1. The van der Waals surface area contributed by atoms with Crippen LogP contribution < -0.4 is 0 Å². The molecule has 59 valence electrons. The van der Waals surface area contributed by atoms with E-state index >= 15 is 0 Å². The first-order chi connectivity index (χ1) is 4.72. The Bertz CT molecular complexity index is 105. The van der Waals surface area contributed by atoms with Crippen molar-refractivity contribution in [1.82, 2.24) is 4.90 Å². The lowest BCUT2D eigenvalue weighted by molar-refractivity contribution is -0.134. The lowest BCUT2D eigenvalue weighted by atomic mass is 10.5. The van der Waals surface area contributed by atoms with Crippen molar-refractivity contribution >= 4 is 5.91 Å². The van der Waals surface area contributed by atoms with Crippen LogP contribution in [0.15, 0.2) is 0 Å². The molecule has 10 heavy (non-hydrogen) atoms.